The van der Waals surface area contributed by atoms with Crippen molar-refractivity contribution in [3.8, 4) is 0 Å². The maximum atomic E-state index is 12.9. The highest BCUT2D eigenvalue weighted by atomic mass is 19.4. The summed E-state index contributed by atoms with van der Waals surface area (Å²) in [4.78, 5) is 10.2. The summed E-state index contributed by atoms with van der Waals surface area (Å²) in [5.41, 5.74) is 5.86. The molecular formula is C13H12F3N7. The highest BCUT2D eigenvalue weighted by molar-refractivity contribution is 5.81. The summed E-state index contributed by atoms with van der Waals surface area (Å²) in [6.07, 6.45) is -2.34. The predicted octanol–water partition coefficient (Wildman–Crippen LogP) is 1.23. The fourth-order valence-corrected chi connectivity index (χ4v) is 2.69. The van der Waals surface area contributed by atoms with Crippen LogP contribution in [0.1, 0.15) is 12.5 Å². The number of hydrogen-bond acceptors (Lipinski definition) is 6. The van der Waals surface area contributed by atoms with E-state index in [2.05, 4.69) is 20.2 Å². The highest BCUT2D eigenvalue weighted by Crippen LogP contribution is 2.32. The van der Waals surface area contributed by atoms with E-state index in [4.69, 9.17) is 5.73 Å². The second kappa shape index (κ2) is 4.51. The van der Waals surface area contributed by atoms with E-state index in [0.29, 0.717) is 18.0 Å². The SMILES string of the molecule is CC1C(N)CN1c1nc2ncc(C(F)(F)F)cc2n2cnnc12. The van der Waals surface area contributed by atoms with Gasteiger partial charge >= 0.3 is 6.18 Å². The Morgan fingerprint density at radius 3 is 2.78 bits per heavy atom. The van der Waals surface area contributed by atoms with Gasteiger partial charge in [0, 0.05) is 24.8 Å². The van der Waals surface area contributed by atoms with Gasteiger partial charge in [-0.25, -0.2) is 9.97 Å². The summed E-state index contributed by atoms with van der Waals surface area (Å²) in [6, 6.07) is 1.09. The van der Waals surface area contributed by atoms with E-state index in [-0.39, 0.29) is 23.2 Å². The third-order valence-corrected chi connectivity index (χ3v) is 4.18. The van der Waals surface area contributed by atoms with E-state index in [9.17, 15) is 13.2 Å². The Labute approximate surface area is 127 Å². The van der Waals surface area contributed by atoms with E-state index in [1.807, 2.05) is 11.8 Å². The van der Waals surface area contributed by atoms with Gasteiger partial charge in [0.15, 0.2) is 11.5 Å². The maximum absolute atomic E-state index is 12.9. The van der Waals surface area contributed by atoms with Crippen molar-refractivity contribution in [1.29, 1.82) is 0 Å². The average Bonchev–Trinajstić information content (AvgIpc) is 3.00. The number of nitrogens with two attached hydrogens (primary N) is 1. The molecule has 3 aromatic rings. The molecule has 2 unspecified atom stereocenters. The lowest BCUT2D eigenvalue weighted by Gasteiger charge is -2.45. The van der Waals surface area contributed by atoms with Crippen LogP contribution in [-0.4, -0.2) is 43.2 Å². The molecule has 0 amide bonds. The first-order valence-corrected chi connectivity index (χ1v) is 6.95. The number of pyridine rings is 1. The van der Waals surface area contributed by atoms with Gasteiger partial charge in [0.05, 0.1) is 11.1 Å². The quantitative estimate of drug-likeness (QED) is 0.725. The average molecular weight is 323 g/mol. The molecule has 0 aliphatic carbocycles. The first-order valence-electron chi connectivity index (χ1n) is 6.95. The van der Waals surface area contributed by atoms with Crippen molar-refractivity contribution >= 4 is 22.6 Å². The normalized spacial score (nSPS) is 21.9. The topological polar surface area (TPSA) is 85.2 Å². The minimum Gasteiger partial charge on any atom is -0.347 e. The molecule has 0 spiro atoms. The largest absolute Gasteiger partial charge is 0.417 e. The molecule has 0 radical (unpaired) electrons. The van der Waals surface area contributed by atoms with Crippen LogP contribution in [0.2, 0.25) is 0 Å². The molecule has 2 N–H and O–H groups in total. The zero-order chi connectivity index (χ0) is 16.4. The van der Waals surface area contributed by atoms with Crippen LogP contribution in [0.25, 0.3) is 16.8 Å². The van der Waals surface area contributed by atoms with Crippen LogP contribution in [0.3, 0.4) is 0 Å². The second-order valence-electron chi connectivity index (χ2n) is 5.58. The third-order valence-electron chi connectivity index (χ3n) is 4.18. The van der Waals surface area contributed by atoms with Crippen molar-refractivity contribution < 1.29 is 13.2 Å². The Morgan fingerprint density at radius 2 is 2.13 bits per heavy atom. The third kappa shape index (κ3) is 2.01. The van der Waals surface area contributed by atoms with Crippen molar-refractivity contribution in [3.05, 3.63) is 24.2 Å². The van der Waals surface area contributed by atoms with E-state index in [1.165, 1.54) is 10.7 Å². The van der Waals surface area contributed by atoms with Gasteiger partial charge in [0.25, 0.3) is 0 Å². The lowest BCUT2D eigenvalue weighted by atomic mass is 9.99. The number of nitrogens with zero attached hydrogens (tertiary/aromatic N) is 6. The zero-order valence-corrected chi connectivity index (χ0v) is 12.0. The number of alkyl halides is 3. The summed E-state index contributed by atoms with van der Waals surface area (Å²) in [5, 5.41) is 7.78. The number of halogens is 3. The van der Waals surface area contributed by atoms with Crippen LogP contribution in [0.15, 0.2) is 18.6 Å². The van der Waals surface area contributed by atoms with Crippen LogP contribution in [0.5, 0.6) is 0 Å². The molecule has 2 atom stereocenters. The van der Waals surface area contributed by atoms with E-state index < -0.39 is 11.7 Å². The predicted molar refractivity (Wildman–Crippen MR) is 75.9 cm³/mol. The molecular weight excluding hydrogens is 311 g/mol. The van der Waals surface area contributed by atoms with Crippen molar-refractivity contribution in [2.45, 2.75) is 25.2 Å². The lowest BCUT2D eigenvalue weighted by molar-refractivity contribution is -0.137. The molecule has 7 nitrogen and oxygen atoms in total. The molecule has 10 heteroatoms. The molecule has 4 rings (SSSR count). The van der Waals surface area contributed by atoms with E-state index in [1.54, 1.807) is 0 Å². The van der Waals surface area contributed by atoms with Gasteiger partial charge in [0.2, 0.25) is 5.65 Å². The van der Waals surface area contributed by atoms with Crippen LogP contribution >= 0.6 is 0 Å². The molecule has 0 saturated carbocycles. The monoisotopic (exact) mass is 323 g/mol. The Hall–Kier alpha value is -2.49. The molecule has 1 aliphatic rings. The molecule has 3 aromatic heterocycles. The smallest absolute Gasteiger partial charge is 0.347 e. The first kappa shape index (κ1) is 14.1. The molecule has 0 bridgehead atoms. The molecule has 1 saturated heterocycles. The van der Waals surface area contributed by atoms with Gasteiger partial charge in [-0.1, -0.05) is 0 Å². The standard InChI is InChI=1S/C13H12F3N7/c1-6-8(17)4-22(6)11-12-21-19-5-23(12)9-2-7(13(14,15)16)3-18-10(9)20-11/h2-3,5-6,8H,4,17H2,1H3. The van der Waals surface area contributed by atoms with Crippen molar-refractivity contribution in [3.63, 3.8) is 0 Å². The highest BCUT2D eigenvalue weighted by Gasteiger charge is 2.36. The van der Waals surface area contributed by atoms with Crippen LogP contribution in [0, 0.1) is 0 Å². The van der Waals surface area contributed by atoms with Gasteiger partial charge in [-0.3, -0.25) is 4.40 Å². The molecule has 4 heterocycles. The van der Waals surface area contributed by atoms with Gasteiger partial charge in [0.1, 0.15) is 6.33 Å². The fourth-order valence-electron chi connectivity index (χ4n) is 2.69. The molecule has 1 aliphatic heterocycles. The van der Waals surface area contributed by atoms with Gasteiger partial charge in [-0.15, -0.1) is 10.2 Å². The van der Waals surface area contributed by atoms with E-state index >= 15 is 0 Å². The second-order valence-corrected chi connectivity index (χ2v) is 5.58. The first-order chi connectivity index (χ1) is 10.9. The molecule has 23 heavy (non-hydrogen) atoms. The molecule has 1 fully saturated rings. The van der Waals surface area contributed by atoms with Crippen LogP contribution in [0.4, 0.5) is 19.0 Å². The summed E-state index contributed by atoms with van der Waals surface area (Å²) in [5.74, 6) is 0.524. The van der Waals surface area contributed by atoms with Crippen molar-refractivity contribution in [1.82, 2.24) is 24.6 Å². The van der Waals surface area contributed by atoms with Gasteiger partial charge < -0.3 is 10.6 Å². The Balaban J connectivity index is 1.95. The number of hydrogen-bond donors (Lipinski definition) is 1. The zero-order valence-electron chi connectivity index (χ0n) is 12.0. The number of aromatic nitrogens is 5. The van der Waals surface area contributed by atoms with Gasteiger partial charge in [-0.2, -0.15) is 13.2 Å². The Bertz CT molecular complexity index is 904. The summed E-state index contributed by atoms with van der Waals surface area (Å²) >= 11 is 0. The molecule has 120 valence electrons. The molecule has 0 aromatic carbocycles. The summed E-state index contributed by atoms with van der Waals surface area (Å²) in [6.45, 7) is 2.55. The lowest BCUT2D eigenvalue weighted by Crippen LogP contribution is -2.63. The van der Waals surface area contributed by atoms with Crippen LogP contribution < -0.4 is 10.6 Å². The van der Waals surface area contributed by atoms with Crippen LogP contribution in [-0.2, 0) is 6.18 Å². The number of fused-ring (bicyclic) bond motifs is 3. The summed E-state index contributed by atoms with van der Waals surface area (Å²) in [7, 11) is 0. The minimum atomic E-state index is -4.47. The van der Waals surface area contributed by atoms with E-state index in [0.717, 1.165) is 12.3 Å². The van der Waals surface area contributed by atoms with Crippen molar-refractivity contribution in [2.75, 3.05) is 11.4 Å². The van der Waals surface area contributed by atoms with Crippen molar-refractivity contribution in [2.24, 2.45) is 5.73 Å². The number of rotatable bonds is 1. The summed E-state index contributed by atoms with van der Waals surface area (Å²) < 4.78 is 40.1. The van der Waals surface area contributed by atoms with Gasteiger partial charge in [-0.05, 0) is 13.0 Å². The fraction of sp³-hybridized carbons (Fsp3) is 0.385. The Kier molecular flexibility index (Phi) is 2.77. The number of anilines is 1. The minimum absolute atomic E-state index is 0.0241. The maximum Gasteiger partial charge on any atom is 0.417 e. The Morgan fingerprint density at radius 1 is 1.35 bits per heavy atom.